The van der Waals surface area contributed by atoms with Crippen molar-refractivity contribution < 1.29 is 8.91 Å². The van der Waals surface area contributed by atoms with E-state index in [0.29, 0.717) is 17.8 Å². The minimum absolute atomic E-state index is 0.246. The molecule has 0 aliphatic carbocycles. The lowest BCUT2D eigenvalue weighted by molar-refractivity contribution is 0.358. The highest BCUT2D eigenvalue weighted by molar-refractivity contribution is 5.30. The largest absolute Gasteiger partial charge is 0.339 e. The normalized spacial score (nSPS) is 13.4. The third-order valence-electron chi connectivity index (χ3n) is 3.88. The molecule has 114 valence electrons. The van der Waals surface area contributed by atoms with E-state index < -0.39 is 5.41 Å². The number of aryl methyl sites for hydroxylation is 1. The van der Waals surface area contributed by atoms with Gasteiger partial charge in [0.25, 0.3) is 0 Å². The minimum Gasteiger partial charge on any atom is -0.339 e. The third-order valence-corrected chi connectivity index (χ3v) is 3.88. The van der Waals surface area contributed by atoms with Crippen molar-refractivity contribution in [1.29, 1.82) is 0 Å². The Morgan fingerprint density at radius 2 is 1.95 bits per heavy atom. The van der Waals surface area contributed by atoms with Gasteiger partial charge in [0.15, 0.2) is 5.82 Å². The van der Waals surface area contributed by atoms with Crippen molar-refractivity contribution in [2.75, 3.05) is 7.05 Å². The number of nitrogens with one attached hydrogen (secondary N) is 1. The summed E-state index contributed by atoms with van der Waals surface area (Å²) in [7, 11) is 1.93. The molecule has 1 aromatic heterocycles. The molecule has 1 aromatic carbocycles. The Bertz CT molecular complexity index is 577. The summed E-state index contributed by atoms with van der Waals surface area (Å²) < 4.78 is 18.4. The summed E-state index contributed by atoms with van der Waals surface area (Å²) >= 11 is 0. The highest BCUT2D eigenvalue weighted by Gasteiger charge is 2.29. The molecule has 2 aromatic rings. The van der Waals surface area contributed by atoms with Gasteiger partial charge in [-0.05, 0) is 51.9 Å². The fraction of sp³-hybridized carbons (Fsp3) is 0.500. The van der Waals surface area contributed by atoms with Crippen molar-refractivity contribution >= 4 is 0 Å². The fourth-order valence-corrected chi connectivity index (χ4v) is 2.09. The van der Waals surface area contributed by atoms with Crippen molar-refractivity contribution in [2.45, 2.75) is 45.1 Å². The van der Waals surface area contributed by atoms with Gasteiger partial charge in [0.05, 0.1) is 5.41 Å². The Kier molecular flexibility index (Phi) is 4.73. The minimum atomic E-state index is -0.413. The van der Waals surface area contributed by atoms with E-state index in [2.05, 4.69) is 22.4 Å². The summed E-state index contributed by atoms with van der Waals surface area (Å²) in [4.78, 5) is 4.49. The summed E-state index contributed by atoms with van der Waals surface area (Å²) in [6.45, 7) is 6.12. The highest BCUT2D eigenvalue weighted by Crippen LogP contribution is 2.29. The summed E-state index contributed by atoms with van der Waals surface area (Å²) in [6.07, 6.45) is 1.68. The maximum Gasteiger partial charge on any atom is 0.226 e. The van der Waals surface area contributed by atoms with Crippen LogP contribution in [0.2, 0.25) is 0 Å². The van der Waals surface area contributed by atoms with Crippen LogP contribution >= 0.6 is 0 Å². The molecular weight excluding hydrogens is 269 g/mol. The van der Waals surface area contributed by atoms with Crippen molar-refractivity contribution in [2.24, 2.45) is 0 Å². The molecule has 0 saturated heterocycles. The molecule has 0 fully saturated rings. The predicted octanol–water partition coefficient (Wildman–Crippen LogP) is 3.08. The molecule has 0 bridgehead atoms. The Balaban J connectivity index is 2.13. The van der Waals surface area contributed by atoms with Gasteiger partial charge in [0.2, 0.25) is 5.89 Å². The summed E-state index contributed by atoms with van der Waals surface area (Å²) in [6, 6.07) is 6.83. The zero-order chi connectivity index (χ0) is 15.5. The molecule has 0 amide bonds. The SMILES string of the molecule is CNC(C)CCc1nc(C(C)(C)c2ccc(F)cc2)no1. The average molecular weight is 291 g/mol. The van der Waals surface area contributed by atoms with Gasteiger partial charge in [0.1, 0.15) is 5.82 Å². The number of aromatic nitrogens is 2. The van der Waals surface area contributed by atoms with Crippen LogP contribution in [0.25, 0.3) is 0 Å². The van der Waals surface area contributed by atoms with Crippen LogP contribution < -0.4 is 5.32 Å². The van der Waals surface area contributed by atoms with Gasteiger partial charge in [-0.3, -0.25) is 0 Å². The first-order chi connectivity index (χ1) is 9.93. The number of nitrogens with zero attached hydrogens (tertiary/aromatic N) is 2. The lowest BCUT2D eigenvalue weighted by Gasteiger charge is -2.20. The van der Waals surface area contributed by atoms with Gasteiger partial charge in [-0.15, -0.1) is 0 Å². The highest BCUT2D eigenvalue weighted by atomic mass is 19.1. The third kappa shape index (κ3) is 3.67. The maximum absolute atomic E-state index is 13.0. The smallest absolute Gasteiger partial charge is 0.226 e. The quantitative estimate of drug-likeness (QED) is 0.888. The van der Waals surface area contributed by atoms with Gasteiger partial charge in [-0.2, -0.15) is 4.98 Å². The summed E-state index contributed by atoms with van der Waals surface area (Å²) in [5.41, 5.74) is 0.546. The van der Waals surface area contributed by atoms with E-state index in [-0.39, 0.29) is 5.82 Å². The molecule has 0 aliphatic heterocycles. The topological polar surface area (TPSA) is 51.0 Å². The van der Waals surface area contributed by atoms with Crippen LogP contribution in [-0.2, 0) is 11.8 Å². The summed E-state index contributed by atoms with van der Waals surface area (Å²) in [5, 5.41) is 7.27. The number of rotatable bonds is 6. The molecular formula is C16H22FN3O. The second kappa shape index (κ2) is 6.35. The van der Waals surface area contributed by atoms with Crippen molar-refractivity contribution in [3.05, 3.63) is 47.4 Å². The second-order valence-electron chi connectivity index (χ2n) is 5.87. The first-order valence-corrected chi connectivity index (χ1v) is 7.20. The van der Waals surface area contributed by atoms with Crippen LogP contribution in [0.15, 0.2) is 28.8 Å². The van der Waals surface area contributed by atoms with E-state index in [1.54, 1.807) is 12.1 Å². The van der Waals surface area contributed by atoms with E-state index in [1.165, 1.54) is 12.1 Å². The van der Waals surface area contributed by atoms with Gasteiger partial charge >= 0.3 is 0 Å². The lowest BCUT2D eigenvalue weighted by atomic mass is 9.84. The standard InChI is InChI=1S/C16H22FN3O/c1-11(18-4)5-10-14-19-15(20-21-14)16(2,3)12-6-8-13(17)9-7-12/h6-9,11,18H,5,10H2,1-4H3. The molecule has 0 radical (unpaired) electrons. The molecule has 1 atom stereocenters. The lowest BCUT2D eigenvalue weighted by Crippen LogP contribution is -2.22. The van der Waals surface area contributed by atoms with E-state index in [4.69, 9.17) is 4.52 Å². The Morgan fingerprint density at radius 1 is 1.29 bits per heavy atom. The Hall–Kier alpha value is -1.75. The van der Waals surface area contributed by atoms with E-state index in [9.17, 15) is 4.39 Å². The van der Waals surface area contributed by atoms with Crippen LogP contribution in [-0.4, -0.2) is 23.2 Å². The number of benzene rings is 1. The molecule has 4 nitrogen and oxygen atoms in total. The van der Waals surface area contributed by atoms with Crippen LogP contribution in [0.4, 0.5) is 4.39 Å². The number of hydrogen-bond acceptors (Lipinski definition) is 4. The Morgan fingerprint density at radius 3 is 2.57 bits per heavy atom. The van der Waals surface area contributed by atoms with E-state index in [0.717, 1.165) is 18.4 Å². The fourth-order valence-electron chi connectivity index (χ4n) is 2.09. The maximum atomic E-state index is 13.0. The number of hydrogen-bond donors (Lipinski definition) is 1. The zero-order valence-corrected chi connectivity index (χ0v) is 13.0. The molecule has 0 saturated carbocycles. The van der Waals surface area contributed by atoms with Crippen LogP contribution in [0.1, 0.15) is 44.5 Å². The van der Waals surface area contributed by atoms with Gasteiger partial charge in [-0.1, -0.05) is 17.3 Å². The Labute approximate surface area is 124 Å². The molecule has 0 spiro atoms. The van der Waals surface area contributed by atoms with Crippen LogP contribution in [0.5, 0.6) is 0 Å². The zero-order valence-electron chi connectivity index (χ0n) is 13.0. The summed E-state index contributed by atoms with van der Waals surface area (Å²) in [5.74, 6) is 1.02. The molecule has 0 aliphatic rings. The monoisotopic (exact) mass is 291 g/mol. The van der Waals surface area contributed by atoms with Crippen LogP contribution in [0, 0.1) is 5.82 Å². The van der Waals surface area contributed by atoms with Crippen molar-refractivity contribution in [3.63, 3.8) is 0 Å². The van der Waals surface area contributed by atoms with E-state index in [1.807, 2.05) is 20.9 Å². The number of halogens is 1. The van der Waals surface area contributed by atoms with Crippen LogP contribution in [0.3, 0.4) is 0 Å². The van der Waals surface area contributed by atoms with Crippen molar-refractivity contribution in [1.82, 2.24) is 15.5 Å². The van der Waals surface area contributed by atoms with Gasteiger partial charge < -0.3 is 9.84 Å². The van der Waals surface area contributed by atoms with Gasteiger partial charge in [0, 0.05) is 12.5 Å². The predicted molar refractivity (Wildman–Crippen MR) is 79.7 cm³/mol. The van der Waals surface area contributed by atoms with Gasteiger partial charge in [-0.25, -0.2) is 4.39 Å². The molecule has 1 N–H and O–H groups in total. The van der Waals surface area contributed by atoms with Crippen molar-refractivity contribution in [3.8, 4) is 0 Å². The first kappa shape index (κ1) is 15.6. The molecule has 1 unspecified atom stereocenters. The second-order valence-corrected chi connectivity index (χ2v) is 5.87. The molecule has 5 heteroatoms. The first-order valence-electron chi connectivity index (χ1n) is 7.20. The average Bonchev–Trinajstić information content (AvgIpc) is 2.95. The molecule has 1 heterocycles. The van der Waals surface area contributed by atoms with E-state index >= 15 is 0 Å². The molecule has 2 rings (SSSR count). The molecule has 21 heavy (non-hydrogen) atoms.